The van der Waals surface area contributed by atoms with E-state index in [1.807, 2.05) is 23.1 Å². The Balaban J connectivity index is 1.71. The molecule has 8 heteroatoms. The predicted octanol–water partition coefficient (Wildman–Crippen LogP) is 1.94. The van der Waals surface area contributed by atoms with E-state index in [0.29, 0.717) is 24.1 Å². The lowest BCUT2D eigenvalue weighted by molar-refractivity contribution is -0.129. The van der Waals surface area contributed by atoms with Crippen LogP contribution < -0.4 is 10.2 Å². The van der Waals surface area contributed by atoms with E-state index in [-0.39, 0.29) is 5.91 Å². The summed E-state index contributed by atoms with van der Waals surface area (Å²) in [6.45, 7) is 4.42. The topological polar surface area (TPSA) is 74.2 Å². The number of hydrogen-bond donors (Lipinski definition) is 1. The van der Waals surface area contributed by atoms with Crippen LogP contribution in [0, 0.1) is 0 Å². The van der Waals surface area contributed by atoms with Gasteiger partial charge in [0.05, 0.1) is 16.9 Å². The summed E-state index contributed by atoms with van der Waals surface area (Å²) in [6, 6.07) is 7.39. The van der Waals surface area contributed by atoms with E-state index < -0.39 is 0 Å². The quantitative estimate of drug-likeness (QED) is 0.926. The van der Waals surface area contributed by atoms with E-state index in [4.69, 9.17) is 11.6 Å². The highest BCUT2D eigenvalue weighted by Crippen LogP contribution is 2.23. The number of halogens is 1. The maximum atomic E-state index is 11.4. The zero-order valence-corrected chi connectivity index (χ0v) is 13.5. The molecule has 0 radical (unpaired) electrons. The van der Waals surface area contributed by atoms with Gasteiger partial charge in [-0.3, -0.25) is 4.79 Å². The van der Waals surface area contributed by atoms with Crippen LogP contribution in [0.25, 0.3) is 0 Å². The summed E-state index contributed by atoms with van der Waals surface area (Å²) in [5, 5.41) is 11.7. The summed E-state index contributed by atoms with van der Waals surface area (Å²) in [4.78, 5) is 19.8. The third-order valence-electron chi connectivity index (χ3n) is 3.72. The van der Waals surface area contributed by atoms with Gasteiger partial charge in [-0.2, -0.15) is 10.1 Å². The number of aromatic nitrogens is 3. The SMILES string of the molecule is CC(=O)N1CCN(c2cnnc(Nc3ccccc3Cl)n2)CC1. The average molecular weight is 333 g/mol. The Morgan fingerprint density at radius 3 is 2.65 bits per heavy atom. The largest absolute Gasteiger partial charge is 0.352 e. The van der Waals surface area contributed by atoms with Crippen molar-refractivity contribution in [1.82, 2.24) is 20.1 Å². The first-order valence-corrected chi connectivity index (χ1v) is 7.73. The number of carbonyl (C=O) groups excluding carboxylic acids is 1. The fourth-order valence-corrected chi connectivity index (χ4v) is 2.62. The number of benzene rings is 1. The molecule has 1 aromatic heterocycles. The number of rotatable bonds is 3. The van der Waals surface area contributed by atoms with Crippen LogP contribution in [0.4, 0.5) is 17.5 Å². The van der Waals surface area contributed by atoms with Gasteiger partial charge in [0.25, 0.3) is 0 Å². The summed E-state index contributed by atoms with van der Waals surface area (Å²) in [5.41, 5.74) is 0.731. The molecule has 1 N–H and O–H groups in total. The minimum absolute atomic E-state index is 0.103. The maximum absolute atomic E-state index is 11.4. The molecular weight excluding hydrogens is 316 g/mol. The Hall–Kier alpha value is -2.41. The Bertz CT molecular complexity index is 702. The number of para-hydroxylation sites is 1. The smallest absolute Gasteiger partial charge is 0.249 e. The van der Waals surface area contributed by atoms with Crippen molar-refractivity contribution < 1.29 is 4.79 Å². The van der Waals surface area contributed by atoms with E-state index in [2.05, 4.69) is 25.4 Å². The summed E-state index contributed by atoms with van der Waals surface area (Å²) >= 11 is 6.12. The maximum Gasteiger partial charge on any atom is 0.249 e. The molecule has 120 valence electrons. The molecule has 0 bridgehead atoms. The van der Waals surface area contributed by atoms with Gasteiger partial charge in [-0.15, -0.1) is 5.10 Å². The van der Waals surface area contributed by atoms with E-state index in [1.54, 1.807) is 19.2 Å². The molecule has 0 atom stereocenters. The van der Waals surface area contributed by atoms with Gasteiger partial charge in [0.15, 0.2) is 5.82 Å². The van der Waals surface area contributed by atoms with Crippen LogP contribution in [-0.2, 0) is 4.79 Å². The molecule has 0 unspecified atom stereocenters. The minimum Gasteiger partial charge on any atom is -0.352 e. The standard InChI is InChI=1S/C15H17ClN6O/c1-11(23)21-6-8-22(9-7-21)14-10-17-20-15(19-14)18-13-5-3-2-4-12(13)16/h2-5,10H,6-9H2,1H3,(H,18,19,20). The number of anilines is 3. The molecule has 1 amide bonds. The second kappa shape index (κ2) is 6.78. The molecule has 1 aliphatic heterocycles. The van der Waals surface area contributed by atoms with Crippen molar-refractivity contribution >= 4 is 35.0 Å². The molecule has 0 spiro atoms. The molecule has 3 rings (SSSR count). The van der Waals surface area contributed by atoms with Crippen molar-refractivity contribution in [2.45, 2.75) is 6.92 Å². The molecular formula is C15H17ClN6O. The predicted molar refractivity (Wildman–Crippen MR) is 89.0 cm³/mol. The molecule has 2 heterocycles. The van der Waals surface area contributed by atoms with E-state index in [0.717, 1.165) is 24.6 Å². The molecule has 7 nitrogen and oxygen atoms in total. The van der Waals surface area contributed by atoms with Crippen molar-refractivity contribution in [3.05, 3.63) is 35.5 Å². The Morgan fingerprint density at radius 1 is 1.22 bits per heavy atom. The normalized spacial score (nSPS) is 14.7. The minimum atomic E-state index is 0.103. The first-order chi connectivity index (χ1) is 11.1. The zero-order chi connectivity index (χ0) is 16.2. The second-order valence-corrected chi connectivity index (χ2v) is 5.64. The highest BCUT2D eigenvalue weighted by atomic mass is 35.5. The van der Waals surface area contributed by atoms with Gasteiger partial charge in [0.2, 0.25) is 11.9 Å². The van der Waals surface area contributed by atoms with Crippen molar-refractivity contribution in [2.24, 2.45) is 0 Å². The highest BCUT2D eigenvalue weighted by Gasteiger charge is 2.20. The number of nitrogens with one attached hydrogen (secondary N) is 1. The molecule has 0 saturated carbocycles. The first kappa shape index (κ1) is 15.5. The number of amides is 1. The summed E-state index contributed by atoms with van der Waals surface area (Å²) in [7, 11) is 0. The fraction of sp³-hybridized carbons (Fsp3) is 0.333. The van der Waals surface area contributed by atoms with Gasteiger partial charge in [-0.1, -0.05) is 23.7 Å². The van der Waals surface area contributed by atoms with Crippen LogP contribution >= 0.6 is 11.6 Å². The van der Waals surface area contributed by atoms with Gasteiger partial charge in [0, 0.05) is 33.1 Å². The molecule has 1 fully saturated rings. The number of hydrogen-bond acceptors (Lipinski definition) is 6. The third kappa shape index (κ3) is 3.68. The number of carbonyl (C=O) groups is 1. The monoisotopic (exact) mass is 332 g/mol. The zero-order valence-electron chi connectivity index (χ0n) is 12.7. The van der Waals surface area contributed by atoms with E-state index in [1.165, 1.54) is 0 Å². The molecule has 23 heavy (non-hydrogen) atoms. The average Bonchev–Trinajstić information content (AvgIpc) is 2.57. The lowest BCUT2D eigenvalue weighted by Crippen LogP contribution is -2.48. The molecule has 1 aromatic carbocycles. The molecule has 2 aromatic rings. The van der Waals surface area contributed by atoms with Crippen LogP contribution in [0.3, 0.4) is 0 Å². The lowest BCUT2D eigenvalue weighted by Gasteiger charge is -2.34. The van der Waals surface area contributed by atoms with Gasteiger partial charge < -0.3 is 15.1 Å². The Labute approximate surface area is 139 Å². The van der Waals surface area contributed by atoms with Gasteiger partial charge in [-0.05, 0) is 12.1 Å². The highest BCUT2D eigenvalue weighted by molar-refractivity contribution is 6.33. The number of nitrogens with zero attached hydrogens (tertiary/aromatic N) is 5. The van der Waals surface area contributed by atoms with Crippen LogP contribution in [-0.4, -0.2) is 52.2 Å². The Kier molecular flexibility index (Phi) is 4.57. The van der Waals surface area contributed by atoms with Gasteiger partial charge in [0.1, 0.15) is 0 Å². The number of piperazine rings is 1. The Morgan fingerprint density at radius 2 is 1.96 bits per heavy atom. The molecule has 1 aliphatic rings. The van der Waals surface area contributed by atoms with Crippen molar-refractivity contribution in [3.8, 4) is 0 Å². The third-order valence-corrected chi connectivity index (χ3v) is 4.05. The summed E-state index contributed by atoms with van der Waals surface area (Å²) in [5.74, 6) is 1.23. The molecule has 0 aliphatic carbocycles. The van der Waals surface area contributed by atoms with Crippen molar-refractivity contribution in [3.63, 3.8) is 0 Å². The van der Waals surface area contributed by atoms with Crippen LogP contribution in [0.2, 0.25) is 5.02 Å². The fourth-order valence-electron chi connectivity index (χ4n) is 2.43. The van der Waals surface area contributed by atoms with Crippen molar-refractivity contribution in [2.75, 3.05) is 36.4 Å². The lowest BCUT2D eigenvalue weighted by atomic mass is 10.3. The second-order valence-electron chi connectivity index (χ2n) is 5.24. The summed E-state index contributed by atoms with van der Waals surface area (Å²) in [6.07, 6.45) is 1.63. The first-order valence-electron chi connectivity index (χ1n) is 7.35. The van der Waals surface area contributed by atoms with Crippen LogP contribution in [0.1, 0.15) is 6.92 Å². The van der Waals surface area contributed by atoms with Gasteiger partial charge in [-0.25, -0.2) is 0 Å². The molecule has 1 saturated heterocycles. The van der Waals surface area contributed by atoms with E-state index in [9.17, 15) is 4.79 Å². The van der Waals surface area contributed by atoms with Gasteiger partial charge >= 0.3 is 0 Å². The van der Waals surface area contributed by atoms with Crippen LogP contribution in [0.5, 0.6) is 0 Å². The van der Waals surface area contributed by atoms with Crippen LogP contribution in [0.15, 0.2) is 30.5 Å². The van der Waals surface area contributed by atoms with E-state index >= 15 is 0 Å². The van der Waals surface area contributed by atoms with Crippen molar-refractivity contribution in [1.29, 1.82) is 0 Å². The summed E-state index contributed by atoms with van der Waals surface area (Å²) < 4.78 is 0.